The summed E-state index contributed by atoms with van der Waals surface area (Å²) in [6.45, 7) is 7.23. The SMILES string of the molecule is CC(C)(C)NCCCCc1cc(F)ccc1F. The van der Waals surface area contributed by atoms with Crippen LogP contribution in [0.25, 0.3) is 0 Å². The van der Waals surface area contributed by atoms with Crippen LogP contribution >= 0.6 is 0 Å². The van der Waals surface area contributed by atoms with Crippen LogP contribution in [0.5, 0.6) is 0 Å². The number of benzene rings is 1. The van der Waals surface area contributed by atoms with Gasteiger partial charge in [0.05, 0.1) is 0 Å². The summed E-state index contributed by atoms with van der Waals surface area (Å²) in [5.41, 5.74) is 0.588. The summed E-state index contributed by atoms with van der Waals surface area (Å²) in [7, 11) is 0. The van der Waals surface area contributed by atoms with Gasteiger partial charge in [0.1, 0.15) is 11.6 Å². The Labute approximate surface area is 102 Å². The smallest absolute Gasteiger partial charge is 0.126 e. The van der Waals surface area contributed by atoms with E-state index in [0.29, 0.717) is 12.0 Å². The van der Waals surface area contributed by atoms with Crippen LogP contribution < -0.4 is 5.32 Å². The molecule has 0 bridgehead atoms. The average molecular weight is 241 g/mol. The summed E-state index contributed by atoms with van der Waals surface area (Å²) >= 11 is 0. The molecule has 0 heterocycles. The molecule has 0 aliphatic rings. The molecule has 1 aromatic carbocycles. The number of rotatable bonds is 5. The standard InChI is InChI=1S/C14H21F2N/c1-14(2,3)17-9-5-4-6-11-10-12(15)7-8-13(11)16/h7-8,10,17H,4-6,9H2,1-3H3. The first-order valence-corrected chi connectivity index (χ1v) is 6.07. The Morgan fingerprint density at radius 3 is 2.47 bits per heavy atom. The van der Waals surface area contributed by atoms with Gasteiger partial charge in [-0.05, 0) is 70.3 Å². The quantitative estimate of drug-likeness (QED) is 0.775. The van der Waals surface area contributed by atoms with Gasteiger partial charge >= 0.3 is 0 Å². The van der Waals surface area contributed by atoms with Crippen LogP contribution in [0.3, 0.4) is 0 Å². The van der Waals surface area contributed by atoms with Gasteiger partial charge < -0.3 is 5.32 Å². The Morgan fingerprint density at radius 2 is 1.82 bits per heavy atom. The van der Waals surface area contributed by atoms with Gasteiger partial charge in [-0.2, -0.15) is 0 Å². The third kappa shape index (κ3) is 5.78. The van der Waals surface area contributed by atoms with E-state index in [1.54, 1.807) is 0 Å². The van der Waals surface area contributed by atoms with E-state index in [4.69, 9.17) is 0 Å². The van der Waals surface area contributed by atoms with E-state index in [-0.39, 0.29) is 17.2 Å². The summed E-state index contributed by atoms with van der Waals surface area (Å²) in [6.07, 6.45) is 2.42. The molecular formula is C14H21F2N. The molecule has 1 rings (SSSR count). The Kier molecular flexibility index (Phi) is 5.06. The fraction of sp³-hybridized carbons (Fsp3) is 0.571. The molecular weight excluding hydrogens is 220 g/mol. The van der Waals surface area contributed by atoms with E-state index < -0.39 is 0 Å². The Bertz CT molecular complexity index is 356. The Morgan fingerprint density at radius 1 is 1.12 bits per heavy atom. The molecule has 96 valence electrons. The highest BCUT2D eigenvalue weighted by Crippen LogP contribution is 2.12. The molecule has 0 spiro atoms. The minimum Gasteiger partial charge on any atom is -0.312 e. The number of hydrogen-bond donors (Lipinski definition) is 1. The molecule has 1 aromatic rings. The lowest BCUT2D eigenvalue weighted by molar-refractivity contribution is 0.418. The molecule has 0 aromatic heterocycles. The highest BCUT2D eigenvalue weighted by molar-refractivity contribution is 5.18. The molecule has 1 N–H and O–H groups in total. The molecule has 0 saturated carbocycles. The number of unbranched alkanes of at least 4 members (excludes halogenated alkanes) is 1. The van der Waals surface area contributed by atoms with Crippen molar-refractivity contribution in [2.45, 2.75) is 45.6 Å². The van der Waals surface area contributed by atoms with Gasteiger partial charge in [-0.1, -0.05) is 0 Å². The summed E-state index contributed by atoms with van der Waals surface area (Å²) < 4.78 is 26.2. The maximum Gasteiger partial charge on any atom is 0.126 e. The van der Waals surface area contributed by atoms with Crippen molar-refractivity contribution < 1.29 is 8.78 Å². The van der Waals surface area contributed by atoms with E-state index in [1.165, 1.54) is 12.1 Å². The molecule has 0 aliphatic carbocycles. The van der Waals surface area contributed by atoms with E-state index in [0.717, 1.165) is 25.5 Å². The van der Waals surface area contributed by atoms with Crippen LogP contribution in [-0.4, -0.2) is 12.1 Å². The van der Waals surface area contributed by atoms with E-state index >= 15 is 0 Å². The van der Waals surface area contributed by atoms with Crippen molar-refractivity contribution in [3.63, 3.8) is 0 Å². The van der Waals surface area contributed by atoms with Crippen molar-refractivity contribution in [3.05, 3.63) is 35.4 Å². The topological polar surface area (TPSA) is 12.0 Å². The molecule has 0 aliphatic heterocycles. The number of halogens is 2. The number of nitrogens with one attached hydrogen (secondary N) is 1. The Balaban J connectivity index is 2.29. The predicted octanol–water partition coefficient (Wildman–Crippen LogP) is 3.68. The van der Waals surface area contributed by atoms with Crippen LogP contribution in [0.4, 0.5) is 8.78 Å². The minimum atomic E-state index is -0.366. The second-order valence-corrected chi connectivity index (χ2v) is 5.37. The maximum absolute atomic E-state index is 13.3. The molecule has 1 nitrogen and oxygen atoms in total. The fourth-order valence-electron chi connectivity index (χ4n) is 1.64. The first kappa shape index (κ1) is 14.1. The predicted molar refractivity (Wildman–Crippen MR) is 67.1 cm³/mol. The monoisotopic (exact) mass is 241 g/mol. The average Bonchev–Trinajstić information content (AvgIpc) is 2.21. The maximum atomic E-state index is 13.3. The van der Waals surface area contributed by atoms with Gasteiger partial charge in [-0.15, -0.1) is 0 Å². The van der Waals surface area contributed by atoms with Gasteiger partial charge in [-0.3, -0.25) is 0 Å². The molecule has 0 fully saturated rings. The summed E-state index contributed by atoms with van der Waals surface area (Å²) in [5.74, 6) is -0.676. The molecule has 17 heavy (non-hydrogen) atoms. The first-order valence-electron chi connectivity index (χ1n) is 6.07. The zero-order chi connectivity index (χ0) is 12.9. The summed E-state index contributed by atoms with van der Waals surface area (Å²) in [5, 5.41) is 3.37. The van der Waals surface area contributed by atoms with Gasteiger partial charge in [0, 0.05) is 5.54 Å². The lowest BCUT2D eigenvalue weighted by atomic mass is 10.1. The van der Waals surface area contributed by atoms with Gasteiger partial charge in [0.15, 0.2) is 0 Å². The molecule has 3 heteroatoms. The van der Waals surface area contributed by atoms with Crippen molar-refractivity contribution in [1.29, 1.82) is 0 Å². The van der Waals surface area contributed by atoms with Crippen LogP contribution in [0.15, 0.2) is 18.2 Å². The lowest BCUT2D eigenvalue weighted by Crippen LogP contribution is -2.36. The molecule has 0 saturated heterocycles. The number of aryl methyl sites for hydroxylation is 1. The van der Waals surface area contributed by atoms with Crippen molar-refractivity contribution in [2.75, 3.05) is 6.54 Å². The zero-order valence-electron chi connectivity index (χ0n) is 10.8. The van der Waals surface area contributed by atoms with Crippen LogP contribution in [-0.2, 0) is 6.42 Å². The van der Waals surface area contributed by atoms with Crippen LogP contribution in [0.1, 0.15) is 39.2 Å². The second kappa shape index (κ2) is 6.10. The van der Waals surface area contributed by atoms with E-state index in [1.807, 2.05) is 0 Å². The minimum absolute atomic E-state index is 0.115. The lowest BCUT2D eigenvalue weighted by Gasteiger charge is -2.20. The first-order chi connectivity index (χ1) is 7.88. The van der Waals surface area contributed by atoms with Crippen molar-refractivity contribution in [3.8, 4) is 0 Å². The number of hydrogen-bond acceptors (Lipinski definition) is 1. The molecule has 0 radical (unpaired) electrons. The normalized spacial score (nSPS) is 11.8. The third-order valence-electron chi connectivity index (χ3n) is 2.54. The van der Waals surface area contributed by atoms with Crippen molar-refractivity contribution in [2.24, 2.45) is 0 Å². The van der Waals surface area contributed by atoms with Gasteiger partial charge in [0.2, 0.25) is 0 Å². The van der Waals surface area contributed by atoms with Crippen LogP contribution in [0, 0.1) is 11.6 Å². The summed E-state index contributed by atoms with van der Waals surface area (Å²) in [4.78, 5) is 0. The van der Waals surface area contributed by atoms with Crippen LogP contribution in [0.2, 0.25) is 0 Å². The molecule has 0 atom stereocenters. The molecule has 0 unspecified atom stereocenters. The fourth-order valence-corrected chi connectivity index (χ4v) is 1.64. The van der Waals surface area contributed by atoms with E-state index in [9.17, 15) is 8.78 Å². The van der Waals surface area contributed by atoms with E-state index in [2.05, 4.69) is 26.1 Å². The highest BCUT2D eigenvalue weighted by atomic mass is 19.1. The van der Waals surface area contributed by atoms with Crippen molar-refractivity contribution >= 4 is 0 Å². The van der Waals surface area contributed by atoms with Gasteiger partial charge in [-0.25, -0.2) is 8.78 Å². The van der Waals surface area contributed by atoms with Gasteiger partial charge in [0.25, 0.3) is 0 Å². The highest BCUT2D eigenvalue weighted by Gasteiger charge is 2.08. The second-order valence-electron chi connectivity index (χ2n) is 5.37. The largest absolute Gasteiger partial charge is 0.312 e. The zero-order valence-corrected chi connectivity index (χ0v) is 10.8. The third-order valence-corrected chi connectivity index (χ3v) is 2.54. The molecule has 0 amide bonds. The summed E-state index contributed by atoms with van der Waals surface area (Å²) in [6, 6.07) is 3.63. The van der Waals surface area contributed by atoms with Crippen molar-refractivity contribution in [1.82, 2.24) is 5.32 Å². The Hall–Kier alpha value is -0.960.